The van der Waals surface area contributed by atoms with Gasteiger partial charge in [-0.2, -0.15) is 0 Å². The van der Waals surface area contributed by atoms with Crippen molar-refractivity contribution >= 4 is 21.6 Å². The first-order valence-electron chi connectivity index (χ1n) is 9.79. The van der Waals surface area contributed by atoms with Gasteiger partial charge in [0.1, 0.15) is 0 Å². The molecule has 0 spiro atoms. The molecule has 7 nitrogen and oxygen atoms in total. The van der Waals surface area contributed by atoms with Gasteiger partial charge in [-0.3, -0.25) is 9.10 Å². The fourth-order valence-corrected chi connectivity index (χ4v) is 6.29. The molecule has 0 saturated carbocycles. The Hall–Kier alpha value is -2.74. The predicted molar refractivity (Wildman–Crippen MR) is 107 cm³/mol. The SMILES string of the molecule is C[C@@H]1c2ccccc2N(S(=O)(=O)c2ccc3c(c2)OCCCO3)[C@@H]2CNC(=O)[C@H]12. The molecule has 29 heavy (non-hydrogen) atoms. The van der Waals surface area contributed by atoms with Gasteiger partial charge in [0.2, 0.25) is 5.91 Å². The van der Waals surface area contributed by atoms with E-state index in [0.717, 1.165) is 12.0 Å². The molecule has 1 N–H and O–H groups in total. The van der Waals surface area contributed by atoms with Gasteiger partial charge in [-0.15, -0.1) is 0 Å². The van der Waals surface area contributed by atoms with Crippen LogP contribution in [0, 0.1) is 5.92 Å². The largest absolute Gasteiger partial charge is 0.490 e. The number of para-hydroxylation sites is 1. The number of nitrogens with zero attached hydrogens (tertiary/aromatic N) is 1. The van der Waals surface area contributed by atoms with Crippen molar-refractivity contribution in [2.24, 2.45) is 5.92 Å². The van der Waals surface area contributed by atoms with Gasteiger partial charge in [-0.1, -0.05) is 25.1 Å². The Morgan fingerprint density at radius 2 is 1.83 bits per heavy atom. The highest BCUT2D eigenvalue weighted by molar-refractivity contribution is 7.92. The van der Waals surface area contributed by atoms with Crippen LogP contribution in [-0.2, 0) is 14.8 Å². The topological polar surface area (TPSA) is 84.9 Å². The number of hydrogen-bond donors (Lipinski definition) is 1. The first kappa shape index (κ1) is 18.3. The lowest BCUT2D eigenvalue weighted by molar-refractivity contribution is -0.123. The van der Waals surface area contributed by atoms with E-state index in [1.807, 2.05) is 31.2 Å². The summed E-state index contributed by atoms with van der Waals surface area (Å²) in [5.74, 6) is 0.397. The minimum atomic E-state index is -3.92. The number of carbonyl (C=O) groups excluding carboxylic acids is 1. The summed E-state index contributed by atoms with van der Waals surface area (Å²) in [5, 5.41) is 2.85. The zero-order valence-corrected chi connectivity index (χ0v) is 16.8. The molecule has 0 bridgehead atoms. The molecule has 1 saturated heterocycles. The van der Waals surface area contributed by atoms with Crippen LogP contribution in [0.15, 0.2) is 47.4 Å². The van der Waals surface area contributed by atoms with E-state index in [4.69, 9.17) is 9.47 Å². The van der Waals surface area contributed by atoms with Crippen molar-refractivity contribution in [2.75, 3.05) is 24.1 Å². The standard InChI is InChI=1S/C21H22N2O5S/c1-13-15-5-2-3-6-16(15)23(17-12-22-21(24)20(13)17)29(25,26)14-7-8-18-19(11-14)28-10-4-9-27-18/h2-3,5-8,11,13,17,20H,4,9-10,12H2,1H3,(H,22,24)/t13-,17-,20-/m1/s1. The Kier molecular flexibility index (Phi) is 4.20. The number of fused-ring (bicyclic) bond motifs is 3. The molecule has 3 atom stereocenters. The Morgan fingerprint density at radius 1 is 1.07 bits per heavy atom. The average Bonchev–Trinajstić information content (AvgIpc) is 2.95. The van der Waals surface area contributed by atoms with Crippen molar-refractivity contribution in [3.05, 3.63) is 48.0 Å². The van der Waals surface area contributed by atoms with Crippen LogP contribution in [0.4, 0.5) is 5.69 Å². The van der Waals surface area contributed by atoms with E-state index in [2.05, 4.69) is 5.32 Å². The summed E-state index contributed by atoms with van der Waals surface area (Å²) in [7, 11) is -3.92. The second kappa shape index (κ2) is 6.66. The number of ether oxygens (including phenoxy) is 2. The molecule has 0 radical (unpaired) electrons. The van der Waals surface area contributed by atoms with Gasteiger partial charge < -0.3 is 14.8 Å². The molecule has 8 heteroatoms. The first-order valence-corrected chi connectivity index (χ1v) is 11.2. The summed E-state index contributed by atoms with van der Waals surface area (Å²) < 4.78 is 40.3. The van der Waals surface area contributed by atoms with E-state index in [1.165, 1.54) is 10.4 Å². The number of nitrogens with one attached hydrogen (secondary N) is 1. The minimum Gasteiger partial charge on any atom is -0.490 e. The first-order chi connectivity index (χ1) is 14.0. The highest BCUT2D eigenvalue weighted by atomic mass is 32.2. The lowest BCUT2D eigenvalue weighted by Gasteiger charge is -2.41. The van der Waals surface area contributed by atoms with Crippen molar-refractivity contribution in [1.29, 1.82) is 0 Å². The van der Waals surface area contributed by atoms with Crippen molar-refractivity contribution in [2.45, 2.75) is 30.2 Å². The van der Waals surface area contributed by atoms with Gasteiger partial charge in [0.15, 0.2) is 11.5 Å². The molecule has 0 aliphatic carbocycles. The summed E-state index contributed by atoms with van der Waals surface area (Å²) >= 11 is 0. The summed E-state index contributed by atoms with van der Waals surface area (Å²) in [5.41, 5.74) is 1.49. The number of hydrogen-bond acceptors (Lipinski definition) is 5. The Morgan fingerprint density at radius 3 is 2.66 bits per heavy atom. The van der Waals surface area contributed by atoms with Crippen LogP contribution in [0.5, 0.6) is 11.5 Å². The van der Waals surface area contributed by atoms with Crippen molar-refractivity contribution in [3.63, 3.8) is 0 Å². The van der Waals surface area contributed by atoms with E-state index in [1.54, 1.807) is 12.1 Å². The molecule has 3 aliphatic rings. The van der Waals surface area contributed by atoms with Crippen LogP contribution in [0.2, 0.25) is 0 Å². The van der Waals surface area contributed by atoms with Crippen LogP contribution in [0.25, 0.3) is 0 Å². The average molecular weight is 414 g/mol. The van der Waals surface area contributed by atoms with E-state index < -0.39 is 22.0 Å². The molecule has 2 aromatic rings. The number of benzene rings is 2. The summed E-state index contributed by atoms with van der Waals surface area (Å²) in [6, 6.07) is 11.7. The van der Waals surface area contributed by atoms with Crippen LogP contribution in [0.3, 0.4) is 0 Å². The van der Waals surface area contributed by atoms with Gasteiger partial charge >= 0.3 is 0 Å². The number of anilines is 1. The number of amides is 1. The Bertz CT molecular complexity index is 1080. The monoisotopic (exact) mass is 414 g/mol. The van der Waals surface area contributed by atoms with Crippen LogP contribution in [0.1, 0.15) is 24.8 Å². The molecule has 5 rings (SSSR count). The molecular formula is C21H22N2O5S. The third-order valence-electron chi connectivity index (χ3n) is 5.98. The molecular weight excluding hydrogens is 392 g/mol. The van der Waals surface area contributed by atoms with Gasteiger partial charge in [-0.25, -0.2) is 8.42 Å². The molecule has 2 aromatic carbocycles. The zero-order valence-electron chi connectivity index (χ0n) is 16.0. The lowest BCUT2D eigenvalue weighted by atomic mass is 9.80. The molecule has 1 fully saturated rings. The van der Waals surface area contributed by atoms with E-state index in [0.29, 0.717) is 36.9 Å². The maximum Gasteiger partial charge on any atom is 0.264 e. The minimum absolute atomic E-state index is 0.0612. The maximum atomic E-state index is 13.8. The highest BCUT2D eigenvalue weighted by Crippen LogP contribution is 2.46. The number of carbonyl (C=O) groups is 1. The van der Waals surface area contributed by atoms with Crippen LogP contribution >= 0.6 is 0 Å². The molecule has 1 amide bonds. The number of sulfonamides is 1. The molecule has 152 valence electrons. The normalized spacial score (nSPS) is 25.6. The highest BCUT2D eigenvalue weighted by Gasteiger charge is 2.50. The third-order valence-corrected chi connectivity index (χ3v) is 7.82. The molecule has 0 aromatic heterocycles. The molecule has 3 aliphatic heterocycles. The quantitative estimate of drug-likeness (QED) is 0.815. The fourth-order valence-electron chi connectivity index (χ4n) is 4.58. The van der Waals surface area contributed by atoms with Crippen molar-refractivity contribution < 1.29 is 22.7 Å². The van der Waals surface area contributed by atoms with Gasteiger partial charge in [0.25, 0.3) is 10.0 Å². The molecule has 0 unspecified atom stereocenters. The van der Waals surface area contributed by atoms with E-state index in [-0.39, 0.29) is 16.7 Å². The fraction of sp³-hybridized carbons (Fsp3) is 0.381. The van der Waals surface area contributed by atoms with Gasteiger partial charge in [0.05, 0.1) is 35.8 Å². The Labute approximate surface area is 169 Å². The number of rotatable bonds is 2. The zero-order chi connectivity index (χ0) is 20.2. The lowest BCUT2D eigenvalue weighted by Crippen LogP contribution is -2.50. The third kappa shape index (κ3) is 2.77. The van der Waals surface area contributed by atoms with Crippen molar-refractivity contribution in [1.82, 2.24) is 5.32 Å². The van der Waals surface area contributed by atoms with Crippen molar-refractivity contribution in [3.8, 4) is 11.5 Å². The summed E-state index contributed by atoms with van der Waals surface area (Å²) in [6.07, 6.45) is 0.742. The Balaban J connectivity index is 1.64. The summed E-state index contributed by atoms with van der Waals surface area (Å²) in [4.78, 5) is 12.6. The maximum absolute atomic E-state index is 13.8. The smallest absolute Gasteiger partial charge is 0.264 e. The summed E-state index contributed by atoms with van der Waals surface area (Å²) in [6.45, 7) is 3.29. The second-order valence-electron chi connectivity index (χ2n) is 7.65. The van der Waals surface area contributed by atoms with E-state index in [9.17, 15) is 13.2 Å². The van der Waals surface area contributed by atoms with Crippen LogP contribution < -0.4 is 19.1 Å². The van der Waals surface area contributed by atoms with Crippen LogP contribution in [-0.4, -0.2) is 40.1 Å². The molecule has 3 heterocycles. The second-order valence-corrected chi connectivity index (χ2v) is 9.46. The van der Waals surface area contributed by atoms with Gasteiger partial charge in [-0.05, 0) is 29.7 Å². The van der Waals surface area contributed by atoms with E-state index >= 15 is 0 Å². The predicted octanol–water partition coefficient (Wildman–Crippen LogP) is 2.27. The van der Waals surface area contributed by atoms with Gasteiger partial charge in [0, 0.05) is 19.0 Å².